The minimum Gasteiger partial charge on any atom is -0.369 e. The lowest BCUT2D eigenvalue weighted by atomic mass is 10.1. The molecule has 0 aliphatic carbocycles. The van der Waals surface area contributed by atoms with Gasteiger partial charge in [0.1, 0.15) is 0 Å². The molecule has 1 aliphatic rings. The molecule has 184 valence electrons. The highest BCUT2D eigenvalue weighted by atomic mass is 16.2. The number of amides is 2. The van der Waals surface area contributed by atoms with E-state index in [1.165, 1.54) is 0 Å². The van der Waals surface area contributed by atoms with E-state index < -0.39 is 0 Å². The highest BCUT2D eigenvalue weighted by molar-refractivity contribution is 6.09. The number of aromatic amines is 1. The maximum absolute atomic E-state index is 12.9. The van der Waals surface area contributed by atoms with Crippen LogP contribution in [0.3, 0.4) is 0 Å². The van der Waals surface area contributed by atoms with Gasteiger partial charge in [-0.3, -0.25) is 19.7 Å². The third-order valence-corrected chi connectivity index (χ3v) is 6.59. The third-order valence-electron chi connectivity index (χ3n) is 6.59. The molecule has 1 aliphatic heterocycles. The highest BCUT2D eigenvalue weighted by Gasteiger charge is 2.17. The van der Waals surface area contributed by atoms with E-state index in [1.54, 1.807) is 30.6 Å². The first-order valence-electron chi connectivity index (χ1n) is 12.0. The van der Waals surface area contributed by atoms with Gasteiger partial charge in [-0.25, -0.2) is 0 Å². The number of carbonyl (C=O) groups is 2. The van der Waals surface area contributed by atoms with Gasteiger partial charge >= 0.3 is 0 Å². The first-order valence-corrected chi connectivity index (χ1v) is 12.0. The summed E-state index contributed by atoms with van der Waals surface area (Å²) in [6.07, 6.45) is 3.43. The second-order valence-corrected chi connectivity index (χ2v) is 9.11. The minimum absolute atomic E-state index is 0.195. The molecule has 3 N–H and O–H groups in total. The van der Waals surface area contributed by atoms with Gasteiger partial charge in [-0.15, -0.1) is 0 Å². The number of carbonyl (C=O) groups excluding carboxylic acids is 2. The predicted octanol–water partition coefficient (Wildman–Crippen LogP) is 3.45. The summed E-state index contributed by atoms with van der Waals surface area (Å²) in [4.78, 5) is 34.5. The van der Waals surface area contributed by atoms with Gasteiger partial charge < -0.3 is 20.4 Å². The molecule has 2 aromatic carbocycles. The van der Waals surface area contributed by atoms with Crippen molar-refractivity contribution in [3.63, 3.8) is 0 Å². The smallest absolute Gasteiger partial charge is 0.256 e. The lowest BCUT2D eigenvalue weighted by molar-refractivity contribution is 0.0939. The van der Waals surface area contributed by atoms with Crippen LogP contribution >= 0.6 is 0 Å². The molecule has 0 radical (unpaired) electrons. The van der Waals surface area contributed by atoms with Crippen LogP contribution in [-0.2, 0) is 0 Å². The Bertz CT molecular complexity index is 1360. The fourth-order valence-electron chi connectivity index (χ4n) is 4.31. The number of piperazine rings is 1. The van der Waals surface area contributed by atoms with E-state index in [0.717, 1.165) is 42.9 Å². The van der Waals surface area contributed by atoms with Crippen molar-refractivity contribution >= 4 is 34.2 Å². The lowest BCUT2D eigenvalue weighted by Gasteiger charge is -2.34. The van der Waals surface area contributed by atoms with E-state index in [9.17, 15) is 9.59 Å². The lowest BCUT2D eigenvalue weighted by Crippen LogP contribution is -2.44. The number of pyridine rings is 1. The molecule has 3 heterocycles. The fourth-order valence-corrected chi connectivity index (χ4v) is 4.31. The van der Waals surface area contributed by atoms with Crippen LogP contribution in [0.1, 0.15) is 39.2 Å². The average Bonchev–Trinajstić information content (AvgIpc) is 3.31. The molecule has 0 spiro atoms. The molecule has 0 saturated carbocycles. The van der Waals surface area contributed by atoms with Gasteiger partial charge in [-0.1, -0.05) is 6.07 Å². The van der Waals surface area contributed by atoms with Crippen LogP contribution in [0.15, 0.2) is 67.0 Å². The first kappa shape index (κ1) is 23.5. The summed E-state index contributed by atoms with van der Waals surface area (Å²) >= 11 is 0. The molecule has 1 fully saturated rings. The number of likely N-dealkylation sites (N-methyl/N-ethyl adjacent to an activating group) is 1. The number of hydrogen-bond donors (Lipinski definition) is 3. The molecular weight excluding hydrogens is 454 g/mol. The van der Waals surface area contributed by atoms with Crippen LogP contribution in [0.5, 0.6) is 0 Å². The maximum Gasteiger partial charge on any atom is 0.256 e. The molecule has 36 heavy (non-hydrogen) atoms. The average molecular weight is 484 g/mol. The summed E-state index contributed by atoms with van der Waals surface area (Å²) in [5.41, 5.74) is 3.78. The Balaban J connectivity index is 1.28. The van der Waals surface area contributed by atoms with Gasteiger partial charge in [0.05, 0.1) is 11.6 Å². The number of hydrogen-bond acceptors (Lipinski definition) is 6. The van der Waals surface area contributed by atoms with Crippen molar-refractivity contribution in [1.29, 1.82) is 0 Å². The SMILES string of the molecule is CC(NC(=O)c1ccc2[nH]nc(NC(=O)c3ccc(N4CCN(C)CC4)cc3)c2c1)c1cccnc1. The zero-order chi connectivity index (χ0) is 25.1. The quantitative estimate of drug-likeness (QED) is 0.388. The van der Waals surface area contributed by atoms with Gasteiger partial charge in [-0.05, 0) is 68.1 Å². The van der Waals surface area contributed by atoms with Crippen LogP contribution in [0.2, 0.25) is 0 Å². The number of aromatic nitrogens is 3. The number of anilines is 2. The van der Waals surface area contributed by atoms with Crippen LogP contribution in [0.25, 0.3) is 10.9 Å². The second-order valence-electron chi connectivity index (χ2n) is 9.11. The van der Waals surface area contributed by atoms with Gasteiger partial charge in [-0.2, -0.15) is 5.10 Å². The van der Waals surface area contributed by atoms with E-state index >= 15 is 0 Å². The predicted molar refractivity (Wildman–Crippen MR) is 140 cm³/mol. The van der Waals surface area contributed by atoms with Crippen molar-refractivity contribution in [2.75, 3.05) is 43.4 Å². The van der Waals surface area contributed by atoms with E-state index in [-0.39, 0.29) is 17.9 Å². The topological polar surface area (TPSA) is 106 Å². The van der Waals surface area contributed by atoms with Gasteiger partial charge in [0.25, 0.3) is 11.8 Å². The zero-order valence-electron chi connectivity index (χ0n) is 20.4. The van der Waals surface area contributed by atoms with Crippen molar-refractivity contribution in [3.8, 4) is 0 Å². The molecule has 9 nitrogen and oxygen atoms in total. The number of H-pyrrole nitrogens is 1. The summed E-state index contributed by atoms with van der Waals surface area (Å²) in [5.74, 6) is -0.0901. The number of fused-ring (bicyclic) bond motifs is 1. The maximum atomic E-state index is 12.9. The standard InChI is InChI=1S/C27H29N7O2/c1-18(21-4-3-11-28-17-21)29-27(36)20-7-10-24-23(16-20)25(32-31-24)30-26(35)19-5-8-22(9-6-19)34-14-12-33(2)13-15-34/h3-11,16-18H,12-15H2,1-2H3,(H,29,36)(H2,30,31,32,35). The molecular formula is C27H29N7O2. The summed E-state index contributed by atoms with van der Waals surface area (Å²) < 4.78 is 0. The molecule has 2 amide bonds. The summed E-state index contributed by atoms with van der Waals surface area (Å²) in [7, 11) is 2.13. The monoisotopic (exact) mass is 483 g/mol. The number of benzene rings is 2. The van der Waals surface area contributed by atoms with Crippen molar-refractivity contribution in [3.05, 3.63) is 83.7 Å². The second kappa shape index (κ2) is 10.2. The molecule has 9 heteroatoms. The zero-order valence-corrected chi connectivity index (χ0v) is 20.4. The largest absolute Gasteiger partial charge is 0.369 e. The Morgan fingerprint density at radius 1 is 0.972 bits per heavy atom. The normalized spacial score (nSPS) is 15.0. The fraction of sp³-hybridized carbons (Fsp3) is 0.259. The van der Waals surface area contributed by atoms with E-state index in [4.69, 9.17) is 0 Å². The van der Waals surface area contributed by atoms with Gasteiger partial charge in [0.2, 0.25) is 0 Å². The van der Waals surface area contributed by atoms with Crippen LogP contribution in [0.4, 0.5) is 11.5 Å². The Kier molecular flexibility index (Phi) is 6.64. The van der Waals surface area contributed by atoms with Crippen molar-refractivity contribution < 1.29 is 9.59 Å². The van der Waals surface area contributed by atoms with Gasteiger partial charge in [0, 0.05) is 60.8 Å². The van der Waals surface area contributed by atoms with Crippen molar-refractivity contribution in [1.82, 2.24) is 25.4 Å². The Labute approximate surface area is 209 Å². The summed E-state index contributed by atoms with van der Waals surface area (Å²) in [6, 6.07) is 16.4. The summed E-state index contributed by atoms with van der Waals surface area (Å²) in [5, 5.41) is 13.7. The van der Waals surface area contributed by atoms with Crippen molar-refractivity contribution in [2.45, 2.75) is 13.0 Å². The van der Waals surface area contributed by atoms with Crippen molar-refractivity contribution in [2.24, 2.45) is 0 Å². The van der Waals surface area contributed by atoms with E-state index in [2.05, 4.69) is 42.7 Å². The Morgan fingerprint density at radius 3 is 2.44 bits per heavy atom. The minimum atomic E-state index is -0.256. The van der Waals surface area contributed by atoms with Crippen LogP contribution in [-0.4, -0.2) is 65.1 Å². The third kappa shape index (κ3) is 5.06. The molecule has 1 unspecified atom stereocenters. The number of rotatable bonds is 6. The Morgan fingerprint density at radius 2 is 1.72 bits per heavy atom. The molecule has 2 aromatic heterocycles. The molecule has 1 atom stereocenters. The van der Waals surface area contributed by atoms with Gasteiger partial charge in [0.15, 0.2) is 5.82 Å². The number of nitrogens with one attached hydrogen (secondary N) is 3. The molecule has 1 saturated heterocycles. The molecule has 4 aromatic rings. The summed E-state index contributed by atoms with van der Waals surface area (Å²) in [6.45, 7) is 5.90. The van der Waals surface area contributed by atoms with E-state index in [0.29, 0.717) is 22.3 Å². The van der Waals surface area contributed by atoms with Crippen LogP contribution in [0, 0.1) is 0 Å². The first-order chi connectivity index (χ1) is 17.5. The van der Waals surface area contributed by atoms with Crippen LogP contribution < -0.4 is 15.5 Å². The highest BCUT2D eigenvalue weighted by Crippen LogP contribution is 2.24. The Hall–Kier alpha value is -4.24. The molecule has 0 bridgehead atoms. The van der Waals surface area contributed by atoms with E-state index in [1.807, 2.05) is 43.3 Å². The molecule has 5 rings (SSSR count). The number of nitrogens with zero attached hydrogens (tertiary/aromatic N) is 4.